The van der Waals surface area contributed by atoms with Gasteiger partial charge in [0.25, 0.3) is 0 Å². The van der Waals surface area contributed by atoms with Crippen LogP contribution in [-0.4, -0.2) is 29.1 Å². The van der Waals surface area contributed by atoms with Gasteiger partial charge in [0.15, 0.2) is 0 Å². The van der Waals surface area contributed by atoms with Gasteiger partial charge in [0.2, 0.25) is 0 Å². The van der Waals surface area contributed by atoms with Gasteiger partial charge in [0.1, 0.15) is 0 Å². The average molecular weight is 291 g/mol. The Morgan fingerprint density at radius 2 is 2.00 bits per heavy atom. The second-order valence-corrected chi connectivity index (χ2v) is 7.01. The molecule has 0 amide bonds. The first-order chi connectivity index (χ1) is 9.74. The van der Waals surface area contributed by atoms with Gasteiger partial charge >= 0.3 is 5.97 Å². The number of hydrogen-bond acceptors (Lipinski definition) is 3. The number of carboxylic acid groups (broad SMARTS) is 1. The Labute approximate surface area is 124 Å². The Balaban J connectivity index is 1.73. The Kier molecular flexibility index (Phi) is 4.32. The summed E-state index contributed by atoms with van der Waals surface area (Å²) in [6.45, 7) is 0.588. The summed E-state index contributed by atoms with van der Waals surface area (Å²) in [6.07, 6.45) is 3.24. The van der Waals surface area contributed by atoms with Crippen LogP contribution in [0.25, 0.3) is 0 Å². The average Bonchev–Trinajstić information content (AvgIpc) is 2.98. The molecular formula is C16H21NO2S. The molecule has 2 atom stereocenters. The topological polar surface area (TPSA) is 49.3 Å². The third-order valence-electron chi connectivity index (χ3n) is 4.49. The maximum atomic E-state index is 11.1. The summed E-state index contributed by atoms with van der Waals surface area (Å²) in [5.41, 5.74) is 2.69. The highest BCUT2D eigenvalue weighted by Gasteiger charge is 2.30. The first-order valence-electron chi connectivity index (χ1n) is 7.38. The number of nitrogens with one attached hydrogen (secondary N) is 1. The fraction of sp³-hybridized carbons (Fsp3) is 0.562. The molecule has 2 heterocycles. The second kappa shape index (κ2) is 6.19. The molecule has 2 fully saturated rings. The van der Waals surface area contributed by atoms with Crippen molar-refractivity contribution in [1.29, 1.82) is 0 Å². The summed E-state index contributed by atoms with van der Waals surface area (Å²) in [5, 5.41) is 12.4. The third-order valence-corrected chi connectivity index (χ3v) is 5.53. The van der Waals surface area contributed by atoms with E-state index in [4.69, 9.17) is 5.11 Å². The van der Waals surface area contributed by atoms with Gasteiger partial charge in [-0.25, -0.2) is 0 Å². The van der Waals surface area contributed by atoms with Crippen molar-refractivity contribution in [3.8, 4) is 0 Å². The van der Waals surface area contributed by atoms with Crippen LogP contribution in [0.5, 0.6) is 0 Å². The normalized spacial score (nSPS) is 27.6. The van der Waals surface area contributed by atoms with E-state index in [-0.39, 0.29) is 12.0 Å². The Morgan fingerprint density at radius 1 is 1.25 bits per heavy atom. The van der Waals surface area contributed by atoms with Crippen molar-refractivity contribution in [1.82, 2.24) is 5.32 Å². The Hall–Kier alpha value is -1.00. The lowest BCUT2D eigenvalue weighted by Crippen LogP contribution is -2.17. The molecule has 0 saturated carbocycles. The van der Waals surface area contributed by atoms with E-state index in [9.17, 15) is 4.79 Å². The Bertz CT molecular complexity index is 485. The van der Waals surface area contributed by atoms with Crippen LogP contribution in [0, 0.1) is 5.92 Å². The summed E-state index contributed by atoms with van der Waals surface area (Å²) in [7, 11) is 0. The zero-order valence-corrected chi connectivity index (χ0v) is 12.4. The fourth-order valence-electron chi connectivity index (χ4n) is 3.24. The van der Waals surface area contributed by atoms with Crippen LogP contribution in [0.1, 0.15) is 42.3 Å². The largest absolute Gasteiger partial charge is 0.481 e. The highest BCUT2D eigenvalue weighted by molar-refractivity contribution is 7.99. The molecule has 2 N–H and O–H groups in total. The van der Waals surface area contributed by atoms with Crippen molar-refractivity contribution in [2.75, 3.05) is 18.1 Å². The van der Waals surface area contributed by atoms with Crippen LogP contribution in [0.4, 0.5) is 0 Å². The van der Waals surface area contributed by atoms with Crippen LogP contribution < -0.4 is 5.32 Å². The number of carbonyl (C=O) groups is 1. The lowest BCUT2D eigenvalue weighted by Gasteiger charge is -2.23. The van der Waals surface area contributed by atoms with Gasteiger partial charge in [0.05, 0.1) is 5.92 Å². The molecule has 1 aromatic rings. The van der Waals surface area contributed by atoms with Gasteiger partial charge in [-0.15, -0.1) is 0 Å². The van der Waals surface area contributed by atoms with E-state index >= 15 is 0 Å². The lowest BCUT2D eigenvalue weighted by atomic mass is 9.90. The molecule has 2 aliphatic heterocycles. The molecule has 0 bridgehead atoms. The minimum absolute atomic E-state index is 0.203. The van der Waals surface area contributed by atoms with E-state index in [0.717, 1.165) is 0 Å². The SMILES string of the molecule is O=C(O)C1CNC(c2cccc(C3CCSCC3)c2)C1. The molecule has 2 aliphatic rings. The van der Waals surface area contributed by atoms with Gasteiger partial charge in [-0.05, 0) is 47.8 Å². The number of aliphatic carboxylic acids is 1. The number of rotatable bonds is 3. The second-order valence-electron chi connectivity index (χ2n) is 5.79. The molecule has 0 aliphatic carbocycles. The van der Waals surface area contributed by atoms with Gasteiger partial charge in [-0.3, -0.25) is 4.79 Å². The van der Waals surface area contributed by atoms with E-state index < -0.39 is 5.97 Å². The summed E-state index contributed by atoms with van der Waals surface area (Å²) < 4.78 is 0. The molecule has 20 heavy (non-hydrogen) atoms. The zero-order chi connectivity index (χ0) is 13.9. The van der Waals surface area contributed by atoms with E-state index in [1.165, 1.54) is 35.5 Å². The van der Waals surface area contributed by atoms with Gasteiger partial charge in [-0.1, -0.05) is 24.3 Å². The lowest BCUT2D eigenvalue weighted by molar-refractivity contribution is -0.141. The quantitative estimate of drug-likeness (QED) is 0.899. The molecule has 0 spiro atoms. The number of hydrogen-bond donors (Lipinski definition) is 2. The van der Waals surface area contributed by atoms with E-state index in [1.54, 1.807) is 0 Å². The van der Waals surface area contributed by atoms with Gasteiger partial charge in [0, 0.05) is 12.6 Å². The van der Waals surface area contributed by atoms with Crippen LogP contribution in [-0.2, 0) is 4.79 Å². The fourth-order valence-corrected chi connectivity index (χ4v) is 4.34. The van der Waals surface area contributed by atoms with Crippen LogP contribution >= 0.6 is 11.8 Å². The molecule has 1 aromatic carbocycles. The van der Waals surface area contributed by atoms with Crippen LogP contribution in [0.3, 0.4) is 0 Å². The van der Waals surface area contributed by atoms with E-state index in [1.807, 2.05) is 11.8 Å². The first-order valence-corrected chi connectivity index (χ1v) is 8.53. The predicted molar refractivity (Wildman–Crippen MR) is 82.2 cm³/mol. The van der Waals surface area contributed by atoms with Crippen molar-refractivity contribution in [2.24, 2.45) is 5.92 Å². The number of carboxylic acids is 1. The van der Waals surface area contributed by atoms with Gasteiger partial charge < -0.3 is 10.4 Å². The number of benzene rings is 1. The highest BCUT2D eigenvalue weighted by atomic mass is 32.2. The van der Waals surface area contributed by atoms with Crippen molar-refractivity contribution < 1.29 is 9.90 Å². The molecule has 3 rings (SSSR count). The molecular weight excluding hydrogens is 270 g/mol. The molecule has 108 valence electrons. The van der Waals surface area contributed by atoms with Crippen molar-refractivity contribution in [3.63, 3.8) is 0 Å². The molecule has 0 aromatic heterocycles. The third kappa shape index (κ3) is 3.01. The van der Waals surface area contributed by atoms with Crippen molar-refractivity contribution in [2.45, 2.75) is 31.2 Å². The van der Waals surface area contributed by atoms with Gasteiger partial charge in [-0.2, -0.15) is 11.8 Å². The Morgan fingerprint density at radius 3 is 2.70 bits per heavy atom. The summed E-state index contributed by atoms with van der Waals surface area (Å²) in [5.74, 6) is 2.29. The minimum Gasteiger partial charge on any atom is -0.481 e. The molecule has 2 unspecified atom stereocenters. The summed E-state index contributed by atoms with van der Waals surface area (Å²) >= 11 is 2.05. The summed E-state index contributed by atoms with van der Waals surface area (Å²) in [6, 6.07) is 8.98. The van der Waals surface area contributed by atoms with Crippen LogP contribution in [0.2, 0.25) is 0 Å². The molecule has 0 radical (unpaired) electrons. The van der Waals surface area contributed by atoms with Crippen molar-refractivity contribution in [3.05, 3.63) is 35.4 Å². The maximum Gasteiger partial charge on any atom is 0.307 e. The standard InChI is InChI=1S/C16H21NO2S/c18-16(19)14-9-15(17-10-14)13-3-1-2-12(8-13)11-4-6-20-7-5-11/h1-3,8,11,14-15,17H,4-7,9-10H2,(H,18,19). The van der Waals surface area contributed by atoms with Crippen molar-refractivity contribution >= 4 is 17.7 Å². The maximum absolute atomic E-state index is 11.1. The summed E-state index contributed by atoms with van der Waals surface area (Å²) in [4.78, 5) is 11.1. The monoisotopic (exact) mass is 291 g/mol. The van der Waals surface area contributed by atoms with E-state index in [2.05, 4.69) is 29.6 Å². The smallest absolute Gasteiger partial charge is 0.307 e. The number of thioether (sulfide) groups is 1. The molecule has 4 heteroatoms. The van der Waals surface area contributed by atoms with Crippen LogP contribution in [0.15, 0.2) is 24.3 Å². The highest BCUT2D eigenvalue weighted by Crippen LogP contribution is 2.34. The van der Waals surface area contributed by atoms with E-state index in [0.29, 0.717) is 18.9 Å². The predicted octanol–water partition coefficient (Wildman–Crippen LogP) is 3.03. The molecule has 2 saturated heterocycles. The minimum atomic E-state index is -0.680. The molecule has 3 nitrogen and oxygen atoms in total. The first kappa shape index (κ1) is 14.0. The zero-order valence-electron chi connectivity index (χ0n) is 11.5.